The largest absolute Gasteiger partial charge is 0.477 e. The van der Waals surface area contributed by atoms with E-state index in [0.29, 0.717) is 36.4 Å². The molecule has 0 bridgehead atoms. The summed E-state index contributed by atoms with van der Waals surface area (Å²) < 4.78 is 5.87. The quantitative estimate of drug-likeness (QED) is 0.351. The number of amides is 2. The summed E-state index contributed by atoms with van der Waals surface area (Å²) in [6.07, 6.45) is 0.923. The molecule has 0 radical (unpaired) electrons. The summed E-state index contributed by atoms with van der Waals surface area (Å²) in [6.45, 7) is 8.60. The number of rotatable bonds is 9. The Morgan fingerprint density at radius 2 is 2.03 bits per heavy atom. The highest BCUT2D eigenvalue weighted by atomic mass is 35.5. The standard InChI is InChI=1S/C21H30ClN5O5S/c1-6-11(3)17(22)24-12(4)18(28)25-13-8-9-27(10-14(13)32-7-2)21-26-15(19(29)23-5)16(33-21)20(30)31/h13-14H,6-10H2,1-5H3,(H,23,29)(H,25,28)(H,30,31)/b17-11+,24-12+/t13-,14+/m1/s1. The number of allylic oxidation sites excluding steroid dienone is 1. The lowest BCUT2D eigenvalue weighted by Crippen LogP contribution is -2.56. The van der Waals surface area contributed by atoms with Crippen molar-refractivity contribution in [3.63, 3.8) is 0 Å². The molecule has 2 amide bonds. The molecule has 1 aromatic heterocycles. The number of carboxylic acids is 1. The van der Waals surface area contributed by atoms with Crippen LogP contribution < -0.4 is 15.5 Å². The lowest BCUT2D eigenvalue weighted by molar-refractivity contribution is -0.116. The molecular weight excluding hydrogens is 470 g/mol. The van der Waals surface area contributed by atoms with Crippen LogP contribution in [0.5, 0.6) is 0 Å². The maximum absolute atomic E-state index is 12.7. The smallest absolute Gasteiger partial charge is 0.348 e. The van der Waals surface area contributed by atoms with E-state index in [-0.39, 0.29) is 34.3 Å². The number of aliphatic imine (C=N–C) groups is 1. The Labute approximate surface area is 202 Å². The molecule has 0 saturated carbocycles. The van der Waals surface area contributed by atoms with Crippen molar-refractivity contribution < 1.29 is 24.2 Å². The minimum absolute atomic E-state index is 0.118. The first-order chi connectivity index (χ1) is 15.6. The van der Waals surface area contributed by atoms with E-state index in [1.165, 1.54) is 7.05 Å². The third kappa shape index (κ3) is 6.75. The molecule has 1 saturated heterocycles. The van der Waals surface area contributed by atoms with E-state index in [4.69, 9.17) is 16.3 Å². The van der Waals surface area contributed by atoms with Gasteiger partial charge in [-0.15, -0.1) is 0 Å². The van der Waals surface area contributed by atoms with Gasteiger partial charge in [0, 0.05) is 26.7 Å². The van der Waals surface area contributed by atoms with E-state index in [9.17, 15) is 19.5 Å². The van der Waals surface area contributed by atoms with Crippen molar-refractivity contribution in [3.8, 4) is 0 Å². The van der Waals surface area contributed by atoms with Crippen molar-refractivity contribution in [2.45, 2.75) is 52.7 Å². The second kappa shape index (κ2) is 12.1. The summed E-state index contributed by atoms with van der Waals surface area (Å²) in [5, 5.41) is 15.6. The fourth-order valence-electron chi connectivity index (χ4n) is 3.21. The minimum Gasteiger partial charge on any atom is -0.477 e. The maximum atomic E-state index is 12.7. The molecule has 0 aromatic carbocycles. The van der Waals surface area contributed by atoms with Gasteiger partial charge in [0.25, 0.3) is 11.8 Å². The van der Waals surface area contributed by atoms with Crippen molar-refractivity contribution in [1.29, 1.82) is 0 Å². The van der Waals surface area contributed by atoms with Crippen LogP contribution in [0.4, 0.5) is 5.13 Å². The maximum Gasteiger partial charge on any atom is 0.348 e. The summed E-state index contributed by atoms with van der Waals surface area (Å²) in [5.74, 6) is -2.09. The first-order valence-electron chi connectivity index (χ1n) is 10.7. The van der Waals surface area contributed by atoms with Crippen molar-refractivity contribution in [2.24, 2.45) is 4.99 Å². The van der Waals surface area contributed by atoms with Crippen LogP contribution in [0.3, 0.4) is 0 Å². The SMILES string of the molecule is CCO[C@H]1CN(c2nc(C(=O)NC)c(C(=O)O)s2)CC[C@H]1NC(=O)/C(C)=N/C(Cl)=C(\C)CC. The molecule has 0 unspecified atom stereocenters. The third-order valence-electron chi connectivity index (χ3n) is 5.26. The van der Waals surface area contributed by atoms with Crippen LogP contribution in [0.25, 0.3) is 0 Å². The predicted octanol–water partition coefficient (Wildman–Crippen LogP) is 2.64. The van der Waals surface area contributed by atoms with Crippen molar-refractivity contribution >= 4 is 51.6 Å². The molecule has 12 heteroatoms. The lowest BCUT2D eigenvalue weighted by atomic mass is 10.0. The fourth-order valence-corrected chi connectivity index (χ4v) is 4.41. The molecule has 182 valence electrons. The first kappa shape index (κ1) is 26.7. The molecule has 1 fully saturated rings. The molecule has 2 rings (SSSR count). The van der Waals surface area contributed by atoms with Crippen LogP contribution in [-0.4, -0.2) is 72.5 Å². The number of carbonyl (C=O) groups excluding carboxylic acids is 2. The second-order valence-corrected chi connectivity index (χ2v) is 8.82. The fraction of sp³-hybridized carbons (Fsp3) is 0.571. The molecule has 1 aliphatic rings. The van der Waals surface area contributed by atoms with Gasteiger partial charge in [-0.1, -0.05) is 29.9 Å². The Bertz CT molecular complexity index is 961. The van der Waals surface area contributed by atoms with Crippen molar-refractivity contribution in [2.75, 3.05) is 31.6 Å². The number of halogens is 1. The third-order valence-corrected chi connectivity index (χ3v) is 6.77. The average molecular weight is 500 g/mol. The minimum atomic E-state index is -1.21. The molecule has 1 aliphatic heterocycles. The number of carboxylic acid groups (broad SMARTS) is 1. The van der Waals surface area contributed by atoms with Crippen molar-refractivity contribution in [1.82, 2.24) is 15.6 Å². The number of piperidine rings is 1. The Morgan fingerprint density at radius 1 is 1.33 bits per heavy atom. The summed E-state index contributed by atoms with van der Waals surface area (Å²) in [6, 6.07) is -0.272. The summed E-state index contributed by atoms with van der Waals surface area (Å²) in [5.41, 5.74) is 1.03. The molecule has 0 aliphatic carbocycles. The van der Waals surface area contributed by atoms with Gasteiger partial charge in [-0.3, -0.25) is 9.59 Å². The Kier molecular flexibility index (Phi) is 9.81. The number of hydrogen-bond donors (Lipinski definition) is 3. The highest BCUT2D eigenvalue weighted by Gasteiger charge is 2.34. The summed E-state index contributed by atoms with van der Waals surface area (Å²) in [4.78, 5) is 46.5. The van der Waals surface area contributed by atoms with Gasteiger partial charge in [0.1, 0.15) is 15.7 Å². The van der Waals surface area contributed by atoms with Gasteiger partial charge in [0.15, 0.2) is 10.8 Å². The number of nitrogens with one attached hydrogen (secondary N) is 2. The van der Waals surface area contributed by atoms with Crippen molar-refractivity contribution in [3.05, 3.63) is 21.3 Å². The zero-order valence-electron chi connectivity index (χ0n) is 19.4. The Balaban J connectivity index is 2.18. The number of hydrogen-bond acceptors (Lipinski definition) is 8. The Morgan fingerprint density at radius 3 is 2.61 bits per heavy atom. The van der Waals surface area contributed by atoms with E-state index in [1.807, 2.05) is 25.7 Å². The number of aromatic carboxylic acids is 1. The molecule has 0 spiro atoms. The average Bonchev–Trinajstić information content (AvgIpc) is 3.25. The summed E-state index contributed by atoms with van der Waals surface area (Å²) >= 11 is 7.10. The number of aromatic nitrogens is 1. The highest BCUT2D eigenvalue weighted by molar-refractivity contribution is 7.17. The molecule has 33 heavy (non-hydrogen) atoms. The number of anilines is 1. The number of thiazole rings is 1. The monoisotopic (exact) mass is 499 g/mol. The van der Waals surface area contributed by atoms with Crippen LogP contribution in [0, 0.1) is 0 Å². The molecular formula is C21H30ClN5O5S. The number of ether oxygens (including phenoxy) is 1. The van der Waals surface area contributed by atoms with Gasteiger partial charge in [-0.05, 0) is 39.2 Å². The van der Waals surface area contributed by atoms with Gasteiger partial charge in [-0.2, -0.15) is 0 Å². The van der Waals surface area contributed by atoms with E-state index in [1.54, 1.807) is 6.92 Å². The van der Waals surface area contributed by atoms with Gasteiger partial charge < -0.3 is 25.4 Å². The second-order valence-electron chi connectivity index (χ2n) is 7.49. The van der Waals surface area contributed by atoms with Crippen LogP contribution in [0.1, 0.15) is 60.7 Å². The van der Waals surface area contributed by atoms with Crippen LogP contribution in [0.2, 0.25) is 0 Å². The molecule has 3 N–H and O–H groups in total. The lowest BCUT2D eigenvalue weighted by Gasteiger charge is -2.38. The summed E-state index contributed by atoms with van der Waals surface area (Å²) in [7, 11) is 1.42. The first-order valence-corrected chi connectivity index (χ1v) is 11.9. The molecule has 2 atom stereocenters. The van der Waals surface area contributed by atoms with Crippen LogP contribution in [0.15, 0.2) is 15.7 Å². The van der Waals surface area contributed by atoms with Gasteiger partial charge in [0.2, 0.25) is 0 Å². The zero-order valence-corrected chi connectivity index (χ0v) is 21.0. The van der Waals surface area contributed by atoms with E-state index in [2.05, 4.69) is 20.6 Å². The Hall–Kier alpha value is -2.50. The van der Waals surface area contributed by atoms with E-state index >= 15 is 0 Å². The molecule has 2 heterocycles. The van der Waals surface area contributed by atoms with E-state index in [0.717, 1.165) is 23.3 Å². The van der Waals surface area contributed by atoms with Gasteiger partial charge in [-0.25, -0.2) is 14.8 Å². The number of nitrogens with zero attached hydrogens (tertiary/aromatic N) is 3. The van der Waals surface area contributed by atoms with E-state index < -0.39 is 11.9 Å². The number of carbonyl (C=O) groups is 3. The van der Waals surface area contributed by atoms with Crippen LogP contribution in [-0.2, 0) is 9.53 Å². The predicted molar refractivity (Wildman–Crippen MR) is 129 cm³/mol. The van der Waals surface area contributed by atoms with Gasteiger partial charge >= 0.3 is 5.97 Å². The highest BCUT2D eigenvalue weighted by Crippen LogP contribution is 2.29. The zero-order chi connectivity index (χ0) is 24.7. The molecule has 10 nitrogen and oxygen atoms in total. The van der Waals surface area contributed by atoms with Gasteiger partial charge in [0.05, 0.1) is 12.1 Å². The van der Waals surface area contributed by atoms with Crippen LogP contribution >= 0.6 is 22.9 Å². The molecule has 1 aromatic rings. The normalized spacial score (nSPS) is 19.7. The topological polar surface area (TPSA) is 133 Å².